The fourth-order valence-electron chi connectivity index (χ4n) is 1.02. The first-order valence-corrected chi connectivity index (χ1v) is 5.00. The number of nitrogens with two attached hydrogens (primary N) is 2. The highest BCUT2D eigenvalue weighted by Crippen LogP contribution is 2.31. The molecule has 0 unspecified atom stereocenters. The number of unbranched alkanes of at least 4 members (excludes halogenated alkanes) is 1. The van der Waals surface area contributed by atoms with Crippen LogP contribution in [0.5, 0.6) is 5.75 Å². The van der Waals surface area contributed by atoms with Gasteiger partial charge in [-0.15, -0.1) is 0 Å². The molecule has 0 fully saturated rings. The van der Waals surface area contributed by atoms with Gasteiger partial charge >= 0.3 is 0 Å². The summed E-state index contributed by atoms with van der Waals surface area (Å²) in [4.78, 5) is 0. The Kier molecular flexibility index (Phi) is 3.89. The lowest BCUT2D eigenvalue weighted by atomic mass is 10.2. The highest BCUT2D eigenvalue weighted by molar-refractivity contribution is 6.32. The molecule has 1 rings (SSSR count). The summed E-state index contributed by atoms with van der Waals surface area (Å²) in [5.41, 5.74) is 12.2. The van der Waals surface area contributed by atoms with Crippen LogP contribution in [0, 0.1) is 0 Å². The Morgan fingerprint density at radius 1 is 1.29 bits per heavy atom. The number of halogens is 1. The Labute approximate surface area is 89.0 Å². The highest BCUT2D eigenvalue weighted by atomic mass is 35.5. The van der Waals surface area contributed by atoms with Gasteiger partial charge in [0, 0.05) is 6.07 Å². The second-order valence-corrected chi connectivity index (χ2v) is 3.52. The maximum absolute atomic E-state index is 5.92. The average molecular weight is 215 g/mol. The Morgan fingerprint density at radius 2 is 1.93 bits per heavy atom. The molecule has 4 heteroatoms. The van der Waals surface area contributed by atoms with Gasteiger partial charge in [-0.1, -0.05) is 24.9 Å². The van der Waals surface area contributed by atoms with Gasteiger partial charge in [0.1, 0.15) is 5.75 Å². The van der Waals surface area contributed by atoms with Gasteiger partial charge in [-0.2, -0.15) is 0 Å². The lowest BCUT2D eigenvalue weighted by Crippen LogP contribution is -2.00. The largest absolute Gasteiger partial charge is 0.492 e. The zero-order valence-corrected chi connectivity index (χ0v) is 8.97. The summed E-state index contributed by atoms with van der Waals surface area (Å²) in [6.45, 7) is 2.75. The van der Waals surface area contributed by atoms with Crippen molar-refractivity contribution in [2.45, 2.75) is 19.8 Å². The van der Waals surface area contributed by atoms with Crippen LogP contribution >= 0.6 is 11.6 Å². The van der Waals surface area contributed by atoms with Crippen LogP contribution in [0.2, 0.25) is 5.02 Å². The molecule has 4 N–H and O–H groups in total. The summed E-state index contributed by atoms with van der Waals surface area (Å²) >= 11 is 5.92. The minimum Gasteiger partial charge on any atom is -0.492 e. The molecule has 14 heavy (non-hydrogen) atoms. The van der Waals surface area contributed by atoms with E-state index < -0.39 is 0 Å². The fraction of sp³-hybridized carbons (Fsp3) is 0.400. The smallest absolute Gasteiger partial charge is 0.140 e. The van der Waals surface area contributed by atoms with Gasteiger partial charge in [-0.3, -0.25) is 0 Å². The normalized spacial score (nSPS) is 10.1. The minimum atomic E-state index is 0.484. The van der Waals surface area contributed by atoms with Crippen LogP contribution in [-0.4, -0.2) is 6.61 Å². The first-order chi connectivity index (χ1) is 6.65. The molecule has 0 amide bonds. The molecule has 0 atom stereocenters. The van der Waals surface area contributed by atoms with Crippen molar-refractivity contribution in [1.29, 1.82) is 0 Å². The molecule has 0 heterocycles. The van der Waals surface area contributed by atoms with Crippen molar-refractivity contribution in [3.05, 3.63) is 17.2 Å². The van der Waals surface area contributed by atoms with E-state index in [1.165, 1.54) is 0 Å². The van der Waals surface area contributed by atoms with E-state index in [0.29, 0.717) is 28.8 Å². The zero-order chi connectivity index (χ0) is 10.6. The van der Waals surface area contributed by atoms with Crippen LogP contribution in [0.15, 0.2) is 12.1 Å². The van der Waals surface area contributed by atoms with Gasteiger partial charge in [-0.25, -0.2) is 0 Å². The molecule has 0 saturated carbocycles. The molecule has 0 bridgehead atoms. The molecule has 0 spiro atoms. The van der Waals surface area contributed by atoms with Gasteiger partial charge in [0.25, 0.3) is 0 Å². The summed E-state index contributed by atoms with van der Waals surface area (Å²) in [6.07, 6.45) is 2.09. The number of ether oxygens (including phenoxy) is 1. The van der Waals surface area contributed by atoms with Crippen LogP contribution in [-0.2, 0) is 0 Å². The zero-order valence-electron chi connectivity index (χ0n) is 8.22. The summed E-state index contributed by atoms with van der Waals surface area (Å²) in [5, 5.41) is 0.507. The third kappa shape index (κ3) is 2.70. The van der Waals surface area contributed by atoms with E-state index >= 15 is 0 Å². The van der Waals surface area contributed by atoms with E-state index in [4.69, 9.17) is 27.8 Å². The monoisotopic (exact) mass is 214 g/mol. The summed E-state index contributed by atoms with van der Waals surface area (Å²) in [5.74, 6) is 0.604. The Balaban J connectivity index is 2.72. The van der Waals surface area contributed by atoms with Crippen LogP contribution in [0.1, 0.15) is 19.8 Å². The highest BCUT2D eigenvalue weighted by Gasteiger charge is 2.04. The SMILES string of the molecule is CCCCOc1cc(N)c(N)cc1Cl. The van der Waals surface area contributed by atoms with Gasteiger partial charge in [0.2, 0.25) is 0 Å². The van der Waals surface area contributed by atoms with Gasteiger partial charge in [-0.05, 0) is 12.5 Å². The maximum atomic E-state index is 5.92. The minimum absolute atomic E-state index is 0.484. The summed E-state index contributed by atoms with van der Waals surface area (Å²) in [6, 6.07) is 3.27. The molecule has 0 saturated heterocycles. The molecule has 3 nitrogen and oxygen atoms in total. The lowest BCUT2D eigenvalue weighted by Gasteiger charge is -2.09. The Morgan fingerprint density at radius 3 is 2.57 bits per heavy atom. The quantitative estimate of drug-likeness (QED) is 0.599. The van der Waals surface area contributed by atoms with Crippen LogP contribution in [0.4, 0.5) is 11.4 Å². The second-order valence-electron chi connectivity index (χ2n) is 3.11. The van der Waals surface area contributed by atoms with Crippen LogP contribution in [0.3, 0.4) is 0 Å². The van der Waals surface area contributed by atoms with E-state index in [-0.39, 0.29) is 0 Å². The lowest BCUT2D eigenvalue weighted by molar-refractivity contribution is 0.310. The van der Waals surface area contributed by atoms with Gasteiger partial charge in [0.15, 0.2) is 0 Å². The molecular weight excluding hydrogens is 200 g/mol. The molecular formula is C10H15ClN2O. The molecule has 78 valence electrons. The molecule has 0 aromatic heterocycles. The summed E-state index contributed by atoms with van der Waals surface area (Å²) < 4.78 is 5.45. The average Bonchev–Trinajstić information content (AvgIpc) is 2.14. The molecule has 0 aliphatic carbocycles. The standard InChI is InChI=1S/C10H15ClN2O/c1-2-3-4-14-10-6-9(13)8(12)5-7(10)11/h5-6H,2-4,12-13H2,1H3. The topological polar surface area (TPSA) is 61.3 Å². The van der Waals surface area contributed by atoms with Gasteiger partial charge < -0.3 is 16.2 Å². The molecule has 0 radical (unpaired) electrons. The van der Waals surface area contributed by atoms with Crippen molar-refractivity contribution < 1.29 is 4.74 Å². The van der Waals surface area contributed by atoms with E-state index in [2.05, 4.69) is 6.92 Å². The predicted octanol–water partition coefficient (Wildman–Crippen LogP) is 2.68. The van der Waals surface area contributed by atoms with E-state index in [9.17, 15) is 0 Å². The predicted molar refractivity (Wildman–Crippen MR) is 60.7 cm³/mol. The number of rotatable bonds is 4. The van der Waals surface area contributed by atoms with Crippen LogP contribution < -0.4 is 16.2 Å². The third-order valence-corrected chi connectivity index (χ3v) is 2.19. The fourth-order valence-corrected chi connectivity index (χ4v) is 1.25. The number of anilines is 2. The first kappa shape index (κ1) is 11.0. The Bertz CT molecular complexity index is 315. The maximum Gasteiger partial charge on any atom is 0.140 e. The van der Waals surface area contributed by atoms with Crippen molar-refractivity contribution in [2.75, 3.05) is 18.1 Å². The van der Waals surface area contributed by atoms with Crippen molar-refractivity contribution in [3.8, 4) is 5.75 Å². The molecule has 0 aliphatic heterocycles. The van der Waals surface area contributed by atoms with Crippen molar-refractivity contribution >= 4 is 23.0 Å². The first-order valence-electron chi connectivity index (χ1n) is 4.62. The molecule has 1 aromatic rings. The number of hydrogen-bond donors (Lipinski definition) is 2. The summed E-state index contributed by atoms with van der Waals surface area (Å²) in [7, 11) is 0. The van der Waals surface area contributed by atoms with Crippen molar-refractivity contribution in [1.82, 2.24) is 0 Å². The third-order valence-electron chi connectivity index (χ3n) is 1.89. The number of benzene rings is 1. The Hall–Kier alpha value is -1.09. The van der Waals surface area contributed by atoms with Crippen LogP contribution in [0.25, 0.3) is 0 Å². The second kappa shape index (κ2) is 4.96. The van der Waals surface area contributed by atoms with E-state index in [0.717, 1.165) is 12.8 Å². The van der Waals surface area contributed by atoms with E-state index in [1.54, 1.807) is 12.1 Å². The molecule has 1 aromatic carbocycles. The van der Waals surface area contributed by atoms with Crippen molar-refractivity contribution in [3.63, 3.8) is 0 Å². The van der Waals surface area contributed by atoms with Crippen molar-refractivity contribution in [2.24, 2.45) is 0 Å². The van der Waals surface area contributed by atoms with E-state index in [1.807, 2.05) is 0 Å². The number of nitrogen functional groups attached to an aromatic ring is 2. The molecule has 0 aliphatic rings. The van der Waals surface area contributed by atoms with Gasteiger partial charge in [0.05, 0.1) is 23.0 Å². The number of hydrogen-bond acceptors (Lipinski definition) is 3.